The highest BCUT2D eigenvalue weighted by Crippen LogP contribution is 2.28. The van der Waals surface area contributed by atoms with Crippen molar-refractivity contribution in [1.29, 1.82) is 0 Å². The summed E-state index contributed by atoms with van der Waals surface area (Å²) in [7, 11) is -3.72. The Bertz CT molecular complexity index is 1040. The van der Waals surface area contributed by atoms with Gasteiger partial charge in [0.2, 0.25) is 0 Å². The van der Waals surface area contributed by atoms with Gasteiger partial charge in [-0.15, -0.1) is 0 Å². The lowest BCUT2D eigenvalue weighted by Gasteiger charge is -2.13. The lowest BCUT2D eigenvalue weighted by Crippen LogP contribution is -2.15. The Hall–Kier alpha value is -2.60. The van der Waals surface area contributed by atoms with E-state index in [4.69, 9.17) is 4.52 Å². The van der Waals surface area contributed by atoms with Gasteiger partial charge in [0, 0.05) is 11.6 Å². The molecule has 0 bridgehead atoms. The number of rotatable bonds is 4. The molecule has 6 heteroatoms. The first-order valence-corrected chi connectivity index (χ1v) is 9.39. The van der Waals surface area contributed by atoms with Crippen LogP contribution in [-0.2, 0) is 10.0 Å². The van der Waals surface area contributed by atoms with E-state index in [1.807, 2.05) is 45.0 Å². The molecule has 0 amide bonds. The van der Waals surface area contributed by atoms with Crippen LogP contribution >= 0.6 is 0 Å². The molecule has 0 unspecified atom stereocenters. The quantitative estimate of drug-likeness (QED) is 0.753. The van der Waals surface area contributed by atoms with Gasteiger partial charge in [0.1, 0.15) is 0 Å². The molecule has 0 atom stereocenters. The van der Waals surface area contributed by atoms with E-state index in [9.17, 15) is 8.42 Å². The Morgan fingerprint density at radius 3 is 2.32 bits per heavy atom. The molecular weight excluding hydrogens is 336 g/mol. The van der Waals surface area contributed by atoms with Crippen molar-refractivity contribution >= 4 is 15.7 Å². The van der Waals surface area contributed by atoms with Crippen LogP contribution in [0, 0.1) is 27.7 Å². The molecule has 0 radical (unpaired) electrons. The third-order valence-electron chi connectivity index (χ3n) is 4.03. The highest BCUT2D eigenvalue weighted by molar-refractivity contribution is 7.92. The zero-order valence-electron chi connectivity index (χ0n) is 14.6. The highest BCUT2D eigenvalue weighted by Gasteiger charge is 2.19. The molecular formula is C19H20N2O3S. The maximum absolute atomic E-state index is 12.9. The van der Waals surface area contributed by atoms with Gasteiger partial charge >= 0.3 is 0 Å². The van der Waals surface area contributed by atoms with E-state index in [1.165, 1.54) is 0 Å². The predicted octanol–water partition coefficient (Wildman–Crippen LogP) is 4.38. The van der Waals surface area contributed by atoms with Gasteiger partial charge in [0.15, 0.2) is 5.76 Å². The van der Waals surface area contributed by atoms with Crippen LogP contribution in [0.5, 0.6) is 0 Å². The minimum absolute atomic E-state index is 0.222. The smallest absolute Gasteiger partial charge is 0.262 e. The van der Waals surface area contributed by atoms with Gasteiger partial charge in [-0.2, -0.15) is 0 Å². The zero-order chi connectivity index (χ0) is 18.2. The van der Waals surface area contributed by atoms with Gasteiger partial charge in [-0.1, -0.05) is 29.4 Å². The van der Waals surface area contributed by atoms with Crippen LogP contribution in [0.3, 0.4) is 0 Å². The van der Waals surface area contributed by atoms with Crippen molar-refractivity contribution in [3.8, 4) is 11.3 Å². The van der Waals surface area contributed by atoms with Crippen LogP contribution in [0.4, 0.5) is 5.69 Å². The predicted molar refractivity (Wildman–Crippen MR) is 98.1 cm³/mol. The topological polar surface area (TPSA) is 72.2 Å². The fraction of sp³-hybridized carbons (Fsp3) is 0.211. The number of aromatic nitrogens is 1. The molecule has 130 valence electrons. The van der Waals surface area contributed by atoms with Gasteiger partial charge in [-0.3, -0.25) is 4.72 Å². The van der Waals surface area contributed by atoms with Crippen molar-refractivity contribution in [2.75, 3.05) is 4.72 Å². The van der Waals surface area contributed by atoms with Gasteiger partial charge in [-0.25, -0.2) is 8.42 Å². The van der Waals surface area contributed by atoms with Crippen LogP contribution in [-0.4, -0.2) is 13.6 Å². The van der Waals surface area contributed by atoms with E-state index < -0.39 is 10.0 Å². The number of aryl methyl sites for hydroxylation is 4. The molecule has 0 aliphatic heterocycles. The van der Waals surface area contributed by atoms with Crippen molar-refractivity contribution in [1.82, 2.24) is 5.16 Å². The molecule has 0 aliphatic rings. The summed E-state index contributed by atoms with van der Waals surface area (Å²) in [5.74, 6) is 0.542. The lowest BCUT2D eigenvalue weighted by molar-refractivity contribution is 0.427. The Balaban J connectivity index is 2.03. The SMILES string of the molecule is Cc1ccc(C)c(NS(=O)(=O)c2cc(-c3cc(C)no3)ccc2C)c1. The Morgan fingerprint density at radius 1 is 0.920 bits per heavy atom. The summed E-state index contributed by atoms with van der Waals surface area (Å²) in [6.07, 6.45) is 0. The second-order valence-corrected chi connectivity index (χ2v) is 7.89. The molecule has 0 aliphatic carbocycles. The van der Waals surface area contributed by atoms with Crippen LogP contribution in [0.2, 0.25) is 0 Å². The molecule has 1 N–H and O–H groups in total. The van der Waals surface area contributed by atoms with Crippen molar-refractivity contribution in [2.45, 2.75) is 32.6 Å². The first-order valence-electron chi connectivity index (χ1n) is 7.91. The highest BCUT2D eigenvalue weighted by atomic mass is 32.2. The molecule has 0 saturated carbocycles. The van der Waals surface area contributed by atoms with Crippen molar-refractivity contribution in [2.24, 2.45) is 0 Å². The summed E-state index contributed by atoms with van der Waals surface area (Å²) in [4.78, 5) is 0.222. The van der Waals surface area contributed by atoms with Crippen LogP contribution in [0.25, 0.3) is 11.3 Å². The maximum atomic E-state index is 12.9. The molecule has 0 spiro atoms. The fourth-order valence-electron chi connectivity index (χ4n) is 2.59. The third-order valence-corrected chi connectivity index (χ3v) is 5.54. The van der Waals surface area contributed by atoms with Crippen LogP contribution in [0.15, 0.2) is 51.9 Å². The van der Waals surface area contributed by atoms with Gasteiger partial charge in [-0.05, 0) is 56.5 Å². The Morgan fingerprint density at radius 2 is 1.64 bits per heavy atom. The van der Waals surface area contributed by atoms with Gasteiger partial charge in [0.25, 0.3) is 10.0 Å². The third kappa shape index (κ3) is 3.58. The Kier molecular flexibility index (Phi) is 4.39. The largest absolute Gasteiger partial charge is 0.356 e. The molecule has 25 heavy (non-hydrogen) atoms. The van der Waals surface area contributed by atoms with Gasteiger partial charge in [0.05, 0.1) is 16.3 Å². The summed E-state index contributed by atoms with van der Waals surface area (Å²) >= 11 is 0. The van der Waals surface area contributed by atoms with Gasteiger partial charge < -0.3 is 4.52 Å². The monoisotopic (exact) mass is 356 g/mol. The maximum Gasteiger partial charge on any atom is 0.262 e. The summed E-state index contributed by atoms with van der Waals surface area (Å²) in [5.41, 5.74) is 4.53. The van der Waals surface area contributed by atoms with Crippen molar-refractivity contribution < 1.29 is 12.9 Å². The van der Waals surface area contributed by atoms with E-state index in [0.29, 0.717) is 22.6 Å². The summed E-state index contributed by atoms with van der Waals surface area (Å²) in [6, 6.07) is 12.7. The van der Waals surface area contributed by atoms with Crippen molar-refractivity contribution in [3.05, 3.63) is 64.8 Å². The number of anilines is 1. The van der Waals surface area contributed by atoms with Crippen molar-refractivity contribution in [3.63, 3.8) is 0 Å². The van der Waals surface area contributed by atoms with E-state index in [0.717, 1.165) is 16.8 Å². The number of hydrogen-bond donors (Lipinski definition) is 1. The molecule has 5 nitrogen and oxygen atoms in total. The number of nitrogens with zero attached hydrogens (tertiary/aromatic N) is 1. The van der Waals surface area contributed by atoms with E-state index in [1.54, 1.807) is 25.1 Å². The summed E-state index contributed by atoms with van der Waals surface area (Å²) in [6.45, 7) is 7.39. The molecule has 3 rings (SSSR count). The molecule has 2 aromatic carbocycles. The first-order chi connectivity index (χ1) is 11.8. The summed E-state index contributed by atoms with van der Waals surface area (Å²) in [5, 5.41) is 3.86. The second-order valence-electron chi connectivity index (χ2n) is 6.24. The molecule has 3 aromatic rings. The average molecular weight is 356 g/mol. The standard InChI is InChI=1S/C19H20N2O3S/c1-12-5-6-13(2)17(9-12)21-25(22,23)19-11-16(8-7-14(19)3)18-10-15(4)20-24-18/h5-11,21H,1-4H3. The molecule has 1 heterocycles. The second kappa shape index (κ2) is 6.37. The van der Waals surface area contributed by atoms with E-state index in [2.05, 4.69) is 9.88 Å². The number of benzene rings is 2. The van der Waals surface area contributed by atoms with Crippen LogP contribution in [0.1, 0.15) is 22.4 Å². The molecule has 0 saturated heterocycles. The van der Waals surface area contributed by atoms with Crippen LogP contribution < -0.4 is 4.72 Å². The van der Waals surface area contributed by atoms with E-state index in [-0.39, 0.29) is 4.90 Å². The van der Waals surface area contributed by atoms with E-state index >= 15 is 0 Å². The lowest BCUT2D eigenvalue weighted by atomic mass is 10.1. The molecule has 1 aromatic heterocycles. The normalized spacial score (nSPS) is 11.5. The minimum Gasteiger partial charge on any atom is -0.356 e. The molecule has 0 fully saturated rings. The first kappa shape index (κ1) is 17.2. The fourth-order valence-corrected chi connectivity index (χ4v) is 3.98. The number of hydrogen-bond acceptors (Lipinski definition) is 4. The number of nitrogens with one attached hydrogen (secondary N) is 1. The zero-order valence-corrected chi connectivity index (χ0v) is 15.4. The summed E-state index contributed by atoms with van der Waals surface area (Å²) < 4.78 is 33.8. The number of sulfonamides is 1. The minimum atomic E-state index is -3.72. The average Bonchev–Trinajstić information content (AvgIpc) is 2.97. The Labute approximate surface area is 147 Å².